The molecule has 1 aliphatic heterocycles. The number of aryl methyl sites for hydroxylation is 1. The van der Waals surface area contributed by atoms with E-state index in [1.807, 2.05) is 0 Å². The van der Waals surface area contributed by atoms with Gasteiger partial charge in [-0.3, -0.25) is 4.68 Å². The molecule has 0 saturated heterocycles. The average molecular weight is 314 g/mol. The Labute approximate surface area is 110 Å². The zero-order valence-electron chi connectivity index (χ0n) is 9.41. The van der Waals surface area contributed by atoms with Gasteiger partial charge in [0.25, 0.3) is 0 Å². The standard InChI is InChI=1S/C11H9BrFN3O2/c1-16-11(14)5(3-15-16)8-9(13)6(12)2-7-10(8)18-4-17-7/h2-3H,4,14H2,1H3. The van der Waals surface area contributed by atoms with Gasteiger partial charge in [0.15, 0.2) is 11.5 Å². The van der Waals surface area contributed by atoms with Gasteiger partial charge in [-0.25, -0.2) is 4.39 Å². The fraction of sp³-hybridized carbons (Fsp3) is 0.182. The number of nitrogens with two attached hydrogens (primary N) is 1. The molecule has 94 valence electrons. The average Bonchev–Trinajstić information content (AvgIpc) is 2.91. The minimum Gasteiger partial charge on any atom is -0.454 e. The molecule has 1 aliphatic rings. The maximum Gasteiger partial charge on any atom is 0.231 e. The first-order valence-electron chi connectivity index (χ1n) is 5.15. The maximum absolute atomic E-state index is 14.3. The van der Waals surface area contributed by atoms with E-state index in [2.05, 4.69) is 21.0 Å². The number of halogens is 2. The zero-order valence-corrected chi connectivity index (χ0v) is 11.0. The molecule has 2 N–H and O–H groups in total. The predicted molar refractivity (Wildman–Crippen MR) is 66.8 cm³/mol. The molecule has 2 aromatic rings. The first-order valence-corrected chi connectivity index (χ1v) is 5.94. The highest BCUT2D eigenvalue weighted by molar-refractivity contribution is 9.10. The van der Waals surface area contributed by atoms with Crippen molar-refractivity contribution in [3.8, 4) is 22.6 Å². The molecule has 0 radical (unpaired) electrons. The van der Waals surface area contributed by atoms with E-state index in [0.29, 0.717) is 27.4 Å². The summed E-state index contributed by atoms with van der Waals surface area (Å²) >= 11 is 3.15. The molecule has 1 aromatic heterocycles. The summed E-state index contributed by atoms with van der Waals surface area (Å²) < 4.78 is 26.6. The van der Waals surface area contributed by atoms with Gasteiger partial charge >= 0.3 is 0 Å². The van der Waals surface area contributed by atoms with Crippen molar-refractivity contribution >= 4 is 21.7 Å². The summed E-state index contributed by atoms with van der Waals surface area (Å²) in [7, 11) is 1.69. The molecular weight excluding hydrogens is 305 g/mol. The Kier molecular flexibility index (Phi) is 2.44. The fourth-order valence-electron chi connectivity index (χ4n) is 1.87. The Bertz CT molecular complexity index is 642. The number of benzene rings is 1. The maximum atomic E-state index is 14.3. The number of fused-ring (bicyclic) bond motifs is 1. The van der Waals surface area contributed by atoms with Crippen LogP contribution in [-0.2, 0) is 7.05 Å². The number of rotatable bonds is 1. The van der Waals surface area contributed by atoms with Crippen LogP contribution in [0.2, 0.25) is 0 Å². The quantitative estimate of drug-likeness (QED) is 0.877. The summed E-state index contributed by atoms with van der Waals surface area (Å²) in [6.07, 6.45) is 1.50. The lowest BCUT2D eigenvalue weighted by molar-refractivity contribution is 0.174. The van der Waals surface area contributed by atoms with Gasteiger partial charge in [0.2, 0.25) is 6.79 Å². The highest BCUT2D eigenvalue weighted by Crippen LogP contribution is 2.47. The molecule has 0 saturated carbocycles. The molecule has 0 bridgehead atoms. The smallest absolute Gasteiger partial charge is 0.231 e. The van der Waals surface area contributed by atoms with Gasteiger partial charge < -0.3 is 15.2 Å². The zero-order chi connectivity index (χ0) is 12.9. The second kappa shape index (κ2) is 3.88. The Morgan fingerprint density at radius 2 is 2.28 bits per heavy atom. The van der Waals surface area contributed by atoms with Crippen LogP contribution in [0.25, 0.3) is 11.1 Å². The Hall–Kier alpha value is -1.76. The van der Waals surface area contributed by atoms with Crippen molar-refractivity contribution in [1.29, 1.82) is 0 Å². The molecular formula is C11H9BrFN3O2. The predicted octanol–water partition coefficient (Wildman–Crippen LogP) is 2.30. The third kappa shape index (κ3) is 1.47. The van der Waals surface area contributed by atoms with Crippen LogP contribution in [0, 0.1) is 5.82 Å². The molecule has 0 unspecified atom stereocenters. The summed E-state index contributed by atoms with van der Waals surface area (Å²) in [6, 6.07) is 1.54. The number of ether oxygens (including phenoxy) is 2. The lowest BCUT2D eigenvalue weighted by Gasteiger charge is -2.08. The van der Waals surface area contributed by atoms with Gasteiger partial charge in [-0.2, -0.15) is 5.10 Å². The minimum atomic E-state index is -0.445. The number of nitrogens with zero attached hydrogens (tertiary/aromatic N) is 2. The lowest BCUT2D eigenvalue weighted by atomic mass is 10.1. The van der Waals surface area contributed by atoms with Crippen molar-refractivity contribution in [2.24, 2.45) is 7.05 Å². The van der Waals surface area contributed by atoms with E-state index in [0.717, 1.165) is 0 Å². The molecule has 0 amide bonds. The molecule has 0 fully saturated rings. The topological polar surface area (TPSA) is 62.3 Å². The summed E-state index contributed by atoms with van der Waals surface area (Å²) in [5.74, 6) is 0.764. The van der Waals surface area contributed by atoms with Gasteiger partial charge in [-0.1, -0.05) is 0 Å². The van der Waals surface area contributed by atoms with Gasteiger partial charge in [0.05, 0.1) is 21.8 Å². The van der Waals surface area contributed by atoms with E-state index in [9.17, 15) is 4.39 Å². The van der Waals surface area contributed by atoms with Crippen molar-refractivity contribution < 1.29 is 13.9 Å². The molecule has 0 spiro atoms. The SMILES string of the molecule is Cn1ncc(-c2c(F)c(Br)cc3c2OCO3)c1N. The number of hydrogen-bond donors (Lipinski definition) is 1. The summed E-state index contributed by atoms with van der Waals surface area (Å²) in [4.78, 5) is 0. The van der Waals surface area contributed by atoms with E-state index in [1.54, 1.807) is 7.05 Å². The first kappa shape index (κ1) is 11.3. The largest absolute Gasteiger partial charge is 0.454 e. The third-order valence-electron chi connectivity index (χ3n) is 2.81. The van der Waals surface area contributed by atoms with E-state index in [4.69, 9.17) is 15.2 Å². The highest BCUT2D eigenvalue weighted by atomic mass is 79.9. The fourth-order valence-corrected chi connectivity index (χ4v) is 2.28. The van der Waals surface area contributed by atoms with E-state index in [1.165, 1.54) is 16.9 Å². The monoisotopic (exact) mass is 313 g/mol. The normalized spacial score (nSPS) is 13.1. The van der Waals surface area contributed by atoms with E-state index in [-0.39, 0.29) is 12.4 Å². The molecule has 5 nitrogen and oxygen atoms in total. The van der Waals surface area contributed by atoms with Gasteiger partial charge in [0.1, 0.15) is 11.6 Å². The van der Waals surface area contributed by atoms with Gasteiger partial charge in [0, 0.05) is 13.1 Å². The molecule has 18 heavy (non-hydrogen) atoms. The van der Waals surface area contributed by atoms with Gasteiger partial charge in [-0.15, -0.1) is 0 Å². The molecule has 3 rings (SSSR count). The van der Waals surface area contributed by atoms with Crippen molar-refractivity contribution in [2.45, 2.75) is 0 Å². The van der Waals surface area contributed by atoms with Crippen LogP contribution in [0.4, 0.5) is 10.2 Å². The summed E-state index contributed by atoms with van der Waals surface area (Å²) in [5.41, 5.74) is 6.62. The Morgan fingerprint density at radius 1 is 1.50 bits per heavy atom. The van der Waals surface area contributed by atoms with Crippen LogP contribution < -0.4 is 15.2 Å². The molecule has 0 atom stereocenters. The molecule has 2 heterocycles. The first-order chi connectivity index (χ1) is 8.59. The van der Waals surface area contributed by atoms with Crippen molar-refractivity contribution in [1.82, 2.24) is 9.78 Å². The second-order valence-electron chi connectivity index (χ2n) is 3.85. The second-order valence-corrected chi connectivity index (χ2v) is 4.70. The summed E-state index contributed by atoms with van der Waals surface area (Å²) in [6.45, 7) is 0.0679. The van der Waals surface area contributed by atoms with Crippen molar-refractivity contribution in [3.63, 3.8) is 0 Å². The minimum absolute atomic E-state index is 0.0679. The van der Waals surface area contributed by atoms with Crippen LogP contribution in [0.1, 0.15) is 0 Å². The van der Waals surface area contributed by atoms with Crippen molar-refractivity contribution in [2.75, 3.05) is 12.5 Å². The number of anilines is 1. The van der Waals surface area contributed by atoms with Crippen LogP contribution in [0.15, 0.2) is 16.7 Å². The molecule has 1 aromatic carbocycles. The number of nitrogen functional groups attached to an aromatic ring is 1. The van der Waals surface area contributed by atoms with E-state index < -0.39 is 5.82 Å². The van der Waals surface area contributed by atoms with Gasteiger partial charge in [-0.05, 0) is 15.9 Å². The Morgan fingerprint density at radius 3 is 2.94 bits per heavy atom. The molecule has 7 heteroatoms. The number of aromatic nitrogens is 2. The highest BCUT2D eigenvalue weighted by Gasteiger charge is 2.27. The van der Waals surface area contributed by atoms with Crippen LogP contribution >= 0.6 is 15.9 Å². The van der Waals surface area contributed by atoms with Crippen LogP contribution in [0.3, 0.4) is 0 Å². The third-order valence-corrected chi connectivity index (χ3v) is 3.39. The Balaban J connectivity index is 2.32. The van der Waals surface area contributed by atoms with Crippen LogP contribution in [-0.4, -0.2) is 16.6 Å². The lowest BCUT2D eigenvalue weighted by Crippen LogP contribution is -1.99. The van der Waals surface area contributed by atoms with Crippen molar-refractivity contribution in [3.05, 3.63) is 22.6 Å². The summed E-state index contributed by atoms with van der Waals surface area (Å²) in [5, 5.41) is 4.00. The molecule has 0 aliphatic carbocycles. The number of hydrogen-bond acceptors (Lipinski definition) is 4. The van der Waals surface area contributed by atoms with Crippen LogP contribution in [0.5, 0.6) is 11.5 Å². The van der Waals surface area contributed by atoms with E-state index >= 15 is 0 Å².